The fourth-order valence-electron chi connectivity index (χ4n) is 4.32. The minimum atomic E-state index is -1.66. The second-order valence-electron chi connectivity index (χ2n) is 9.93. The summed E-state index contributed by atoms with van der Waals surface area (Å²) in [7, 11) is 0. The molecule has 1 aliphatic rings. The highest BCUT2D eigenvalue weighted by atomic mass is 16.6. The van der Waals surface area contributed by atoms with Crippen molar-refractivity contribution in [2.75, 3.05) is 6.61 Å². The summed E-state index contributed by atoms with van der Waals surface area (Å²) >= 11 is 0. The zero-order valence-corrected chi connectivity index (χ0v) is 21.0. The van der Waals surface area contributed by atoms with Crippen molar-refractivity contribution < 1.29 is 29.0 Å². The van der Waals surface area contributed by atoms with Crippen molar-refractivity contribution in [2.45, 2.75) is 50.9 Å². The number of hydrogen-bond donors (Lipinski definition) is 1. The van der Waals surface area contributed by atoms with Crippen LogP contribution in [0.4, 0.5) is 4.79 Å². The molecule has 8 nitrogen and oxygen atoms in total. The quantitative estimate of drug-likeness (QED) is 0.485. The molecule has 0 spiro atoms. The lowest BCUT2D eigenvalue weighted by molar-refractivity contribution is -0.138. The van der Waals surface area contributed by atoms with Gasteiger partial charge in [-0.25, -0.2) is 14.5 Å². The number of amides is 2. The number of rotatable bonds is 7. The summed E-state index contributed by atoms with van der Waals surface area (Å²) in [5.74, 6) is -2.26. The van der Waals surface area contributed by atoms with Gasteiger partial charge in [0, 0.05) is 6.20 Å². The van der Waals surface area contributed by atoms with Gasteiger partial charge in [-0.3, -0.25) is 9.78 Å². The Hall–Kier alpha value is -4.04. The van der Waals surface area contributed by atoms with E-state index in [-0.39, 0.29) is 12.2 Å². The second-order valence-corrected chi connectivity index (χ2v) is 9.93. The molecule has 2 amide bonds. The fraction of sp³-hybridized carbons (Fsp3) is 0.310. The van der Waals surface area contributed by atoms with Gasteiger partial charge in [-0.05, 0) is 62.6 Å². The minimum Gasteiger partial charge on any atom is -0.456 e. The third-order valence-electron chi connectivity index (χ3n) is 5.97. The maximum absolute atomic E-state index is 13.6. The Labute approximate surface area is 215 Å². The number of esters is 1. The third-order valence-corrected chi connectivity index (χ3v) is 5.97. The number of imide groups is 1. The van der Waals surface area contributed by atoms with Crippen LogP contribution in [-0.2, 0) is 20.7 Å². The number of hydrogen-bond acceptors (Lipinski definition) is 7. The van der Waals surface area contributed by atoms with Gasteiger partial charge in [0.1, 0.15) is 18.3 Å². The molecule has 2 heterocycles. The number of pyridine rings is 1. The van der Waals surface area contributed by atoms with E-state index in [0.717, 1.165) is 10.5 Å². The normalized spacial score (nSPS) is 17.1. The lowest BCUT2D eigenvalue weighted by Crippen LogP contribution is -2.47. The molecule has 8 heteroatoms. The van der Waals surface area contributed by atoms with Crippen LogP contribution in [0.1, 0.15) is 53.9 Å². The van der Waals surface area contributed by atoms with Gasteiger partial charge in [0.05, 0.1) is 23.2 Å². The third kappa shape index (κ3) is 6.21. The number of carbonyl (C=O) groups excluding carboxylic acids is 3. The van der Waals surface area contributed by atoms with E-state index in [1.165, 1.54) is 0 Å². The number of benzene rings is 2. The molecule has 0 radical (unpaired) electrons. The lowest BCUT2D eigenvalue weighted by atomic mass is 9.87. The predicted octanol–water partition coefficient (Wildman–Crippen LogP) is 4.12. The molecule has 0 unspecified atom stereocenters. The highest BCUT2D eigenvalue weighted by molar-refractivity contribution is 5.96. The number of carbonyl (C=O) groups is 3. The molecule has 4 rings (SSSR count). The SMILES string of the molecule is CC(C)(C)OC(=O)c1cccc([C@H](c2ccccn2)[C@@H](O)C(=O)N2C(=O)OC[C@H]2Cc2ccccc2)c1. The first-order valence-corrected chi connectivity index (χ1v) is 12.1. The number of ether oxygens (including phenoxy) is 2. The van der Waals surface area contributed by atoms with Gasteiger partial charge in [0.25, 0.3) is 5.91 Å². The van der Waals surface area contributed by atoms with Crippen LogP contribution in [0.25, 0.3) is 0 Å². The van der Waals surface area contributed by atoms with Crippen LogP contribution in [0.5, 0.6) is 0 Å². The lowest BCUT2D eigenvalue weighted by Gasteiger charge is -2.27. The van der Waals surface area contributed by atoms with Gasteiger partial charge in [-0.1, -0.05) is 48.5 Å². The van der Waals surface area contributed by atoms with Crippen molar-refractivity contribution >= 4 is 18.0 Å². The van der Waals surface area contributed by atoms with E-state index in [1.54, 1.807) is 69.4 Å². The van der Waals surface area contributed by atoms with Crippen LogP contribution in [-0.4, -0.2) is 57.3 Å². The predicted molar refractivity (Wildman–Crippen MR) is 136 cm³/mol. The summed E-state index contributed by atoms with van der Waals surface area (Å²) in [4.78, 5) is 44.3. The Morgan fingerprint density at radius 2 is 1.81 bits per heavy atom. The summed E-state index contributed by atoms with van der Waals surface area (Å²) in [5, 5.41) is 11.4. The van der Waals surface area contributed by atoms with Crippen LogP contribution in [0, 0.1) is 0 Å². The van der Waals surface area contributed by atoms with Gasteiger partial charge in [0.15, 0.2) is 0 Å². The molecule has 1 N–H and O–H groups in total. The van der Waals surface area contributed by atoms with Gasteiger partial charge in [-0.2, -0.15) is 0 Å². The van der Waals surface area contributed by atoms with Gasteiger partial charge in [0.2, 0.25) is 0 Å². The number of aliphatic hydroxyl groups is 1. The second kappa shape index (κ2) is 10.9. The van der Waals surface area contributed by atoms with E-state index in [1.807, 2.05) is 30.3 Å². The zero-order valence-electron chi connectivity index (χ0n) is 21.0. The molecule has 3 atom stereocenters. The fourth-order valence-corrected chi connectivity index (χ4v) is 4.32. The van der Waals surface area contributed by atoms with E-state index in [0.29, 0.717) is 17.7 Å². The van der Waals surface area contributed by atoms with E-state index < -0.39 is 41.6 Å². The smallest absolute Gasteiger partial charge is 0.417 e. The molecule has 0 aliphatic carbocycles. The minimum absolute atomic E-state index is 0.0363. The summed E-state index contributed by atoms with van der Waals surface area (Å²) in [6.07, 6.45) is -0.507. The van der Waals surface area contributed by atoms with Crippen molar-refractivity contribution in [2.24, 2.45) is 0 Å². The molecule has 1 saturated heterocycles. The Bertz CT molecular complexity index is 1260. The largest absolute Gasteiger partial charge is 0.456 e. The van der Waals surface area contributed by atoms with Crippen LogP contribution >= 0.6 is 0 Å². The Morgan fingerprint density at radius 3 is 2.49 bits per heavy atom. The number of aliphatic hydroxyl groups excluding tert-OH is 1. The highest BCUT2D eigenvalue weighted by Gasteiger charge is 2.43. The molecular formula is C29H30N2O6. The van der Waals surface area contributed by atoms with E-state index in [2.05, 4.69) is 4.98 Å². The number of nitrogens with zero attached hydrogens (tertiary/aromatic N) is 2. The monoisotopic (exact) mass is 502 g/mol. The van der Waals surface area contributed by atoms with Gasteiger partial charge < -0.3 is 14.6 Å². The van der Waals surface area contributed by atoms with Crippen LogP contribution in [0.2, 0.25) is 0 Å². The molecule has 0 saturated carbocycles. The maximum Gasteiger partial charge on any atom is 0.417 e. The molecular weight excluding hydrogens is 472 g/mol. The average Bonchev–Trinajstić information content (AvgIpc) is 3.23. The van der Waals surface area contributed by atoms with Crippen molar-refractivity contribution in [1.29, 1.82) is 0 Å². The zero-order chi connectivity index (χ0) is 26.6. The first-order chi connectivity index (χ1) is 17.6. The van der Waals surface area contributed by atoms with Crippen LogP contribution in [0.15, 0.2) is 79.0 Å². The summed E-state index contributed by atoms with van der Waals surface area (Å²) < 4.78 is 10.7. The topological polar surface area (TPSA) is 106 Å². The Balaban J connectivity index is 1.66. The number of aromatic nitrogens is 1. The molecule has 1 aromatic heterocycles. The standard InChI is InChI=1S/C29H30N2O6/c1-29(2,3)37-27(34)21-13-9-12-20(17-21)24(23-14-7-8-15-30-23)25(32)26(33)31-22(18-36-28(31)35)16-19-10-5-4-6-11-19/h4-15,17,22,24-25,32H,16,18H2,1-3H3/t22-,24-,25-/m1/s1. The summed E-state index contributed by atoms with van der Waals surface area (Å²) in [6, 6.07) is 20.6. The van der Waals surface area contributed by atoms with Crippen molar-refractivity contribution in [3.05, 3.63) is 101 Å². The Morgan fingerprint density at radius 1 is 1.08 bits per heavy atom. The van der Waals surface area contributed by atoms with Crippen molar-refractivity contribution in [3.8, 4) is 0 Å². The highest BCUT2D eigenvalue weighted by Crippen LogP contribution is 2.31. The van der Waals surface area contributed by atoms with E-state index in [9.17, 15) is 19.5 Å². The van der Waals surface area contributed by atoms with Crippen molar-refractivity contribution in [3.63, 3.8) is 0 Å². The van der Waals surface area contributed by atoms with Gasteiger partial charge in [-0.15, -0.1) is 0 Å². The van der Waals surface area contributed by atoms with Crippen molar-refractivity contribution in [1.82, 2.24) is 9.88 Å². The Kier molecular flexibility index (Phi) is 7.69. The summed E-state index contributed by atoms with van der Waals surface area (Å²) in [5.41, 5.74) is 1.42. The molecule has 1 aliphatic heterocycles. The van der Waals surface area contributed by atoms with Crippen LogP contribution in [0.3, 0.4) is 0 Å². The number of cyclic esters (lactones) is 1. The molecule has 1 fully saturated rings. The van der Waals surface area contributed by atoms with E-state index >= 15 is 0 Å². The van der Waals surface area contributed by atoms with Crippen LogP contribution < -0.4 is 0 Å². The molecule has 0 bridgehead atoms. The average molecular weight is 503 g/mol. The molecule has 37 heavy (non-hydrogen) atoms. The molecule has 3 aromatic rings. The summed E-state index contributed by atoms with van der Waals surface area (Å²) in [6.45, 7) is 5.35. The molecule has 2 aromatic carbocycles. The maximum atomic E-state index is 13.6. The molecule has 192 valence electrons. The first kappa shape index (κ1) is 26.0. The van der Waals surface area contributed by atoms with E-state index in [4.69, 9.17) is 9.47 Å². The van der Waals surface area contributed by atoms with Gasteiger partial charge >= 0.3 is 12.1 Å². The first-order valence-electron chi connectivity index (χ1n) is 12.1.